The molecule has 0 spiro atoms. The zero-order valence-corrected chi connectivity index (χ0v) is 16.8. The van der Waals surface area contributed by atoms with Crippen molar-refractivity contribution in [2.24, 2.45) is 7.05 Å². The molecular formula is C20H18N4O4S. The molecule has 0 radical (unpaired) electrons. The van der Waals surface area contributed by atoms with Crippen molar-refractivity contribution in [3.8, 4) is 34.2 Å². The van der Waals surface area contributed by atoms with Crippen molar-refractivity contribution in [3.63, 3.8) is 0 Å². The minimum absolute atomic E-state index is 0.312. The molecule has 0 unspecified atom stereocenters. The topological polar surface area (TPSA) is 91.4 Å². The number of carbonyl (C=O) groups is 1. The fourth-order valence-electron chi connectivity index (χ4n) is 2.86. The van der Waals surface area contributed by atoms with Gasteiger partial charge in [0.25, 0.3) is 5.91 Å². The normalized spacial score (nSPS) is 10.7. The molecule has 0 atom stereocenters. The number of hydrogen-bond acceptors (Lipinski definition) is 7. The number of aromatic nitrogens is 3. The van der Waals surface area contributed by atoms with Gasteiger partial charge in [-0.3, -0.25) is 14.8 Å². The number of nitrogens with zero attached hydrogens (tertiary/aromatic N) is 3. The number of amides is 1. The van der Waals surface area contributed by atoms with E-state index in [4.69, 9.17) is 13.9 Å². The second-order valence-electron chi connectivity index (χ2n) is 6.07. The fourth-order valence-corrected chi connectivity index (χ4v) is 3.55. The summed E-state index contributed by atoms with van der Waals surface area (Å²) >= 11 is 1.32. The quantitative estimate of drug-likeness (QED) is 0.515. The van der Waals surface area contributed by atoms with Crippen molar-refractivity contribution < 1.29 is 18.7 Å². The summed E-state index contributed by atoms with van der Waals surface area (Å²) in [6, 6.07) is 10.7. The zero-order valence-electron chi connectivity index (χ0n) is 16.0. The number of benzene rings is 1. The molecule has 1 amide bonds. The van der Waals surface area contributed by atoms with Crippen LogP contribution in [0.5, 0.6) is 11.5 Å². The van der Waals surface area contributed by atoms with Crippen LogP contribution in [0.15, 0.2) is 52.5 Å². The molecule has 4 rings (SSSR count). The number of rotatable bonds is 6. The molecular weight excluding hydrogens is 392 g/mol. The van der Waals surface area contributed by atoms with Crippen LogP contribution in [0.2, 0.25) is 0 Å². The highest BCUT2D eigenvalue weighted by Crippen LogP contribution is 2.33. The first-order chi connectivity index (χ1) is 14.1. The molecule has 3 heterocycles. The fraction of sp³-hybridized carbons (Fsp3) is 0.150. The second-order valence-corrected chi connectivity index (χ2v) is 6.93. The highest BCUT2D eigenvalue weighted by molar-refractivity contribution is 7.14. The highest BCUT2D eigenvalue weighted by atomic mass is 32.1. The van der Waals surface area contributed by atoms with Crippen LogP contribution in [0.4, 0.5) is 5.13 Å². The number of thiazole rings is 1. The molecule has 1 aromatic carbocycles. The lowest BCUT2D eigenvalue weighted by Crippen LogP contribution is -2.15. The van der Waals surface area contributed by atoms with Gasteiger partial charge in [-0.2, -0.15) is 5.10 Å². The van der Waals surface area contributed by atoms with Gasteiger partial charge in [-0.1, -0.05) is 0 Å². The van der Waals surface area contributed by atoms with E-state index in [0.717, 1.165) is 5.56 Å². The maximum absolute atomic E-state index is 12.8. The van der Waals surface area contributed by atoms with E-state index in [9.17, 15) is 4.79 Å². The summed E-state index contributed by atoms with van der Waals surface area (Å²) in [4.78, 5) is 17.2. The predicted molar refractivity (Wildman–Crippen MR) is 110 cm³/mol. The van der Waals surface area contributed by atoms with E-state index in [1.54, 1.807) is 51.8 Å². The predicted octanol–water partition coefficient (Wildman–Crippen LogP) is 4.07. The van der Waals surface area contributed by atoms with Crippen LogP contribution in [0.1, 0.15) is 10.5 Å². The summed E-state index contributed by atoms with van der Waals surface area (Å²) in [5, 5.41) is 9.57. The minimum Gasteiger partial charge on any atom is -0.497 e. The number of carbonyl (C=O) groups excluding carboxylic acids is 1. The van der Waals surface area contributed by atoms with Gasteiger partial charge in [-0.05, 0) is 36.4 Å². The van der Waals surface area contributed by atoms with E-state index in [1.807, 2.05) is 17.5 Å². The molecule has 0 saturated heterocycles. The summed E-state index contributed by atoms with van der Waals surface area (Å²) in [7, 11) is 4.88. The lowest BCUT2D eigenvalue weighted by atomic mass is 10.1. The first kappa shape index (κ1) is 18.8. The van der Waals surface area contributed by atoms with Crippen LogP contribution in [-0.4, -0.2) is 34.9 Å². The molecule has 0 fully saturated rings. The Morgan fingerprint density at radius 2 is 2.03 bits per heavy atom. The Balaban J connectivity index is 1.59. The van der Waals surface area contributed by atoms with Gasteiger partial charge < -0.3 is 13.9 Å². The van der Waals surface area contributed by atoms with Crippen molar-refractivity contribution in [2.75, 3.05) is 19.5 Å². The molecule has 0 aliphatic heterocycles. The maximum atomic E-state index is 12.8. The lowest BCUT2D eigenvalue weighted by molar-refractivity contribution is 0.101. The van der Waals surface area contributed by atoms with Gasteiger partial charge in [0, 0.05) is 18.0 Å². The lowest BCUT2D eigenvalue weighted by Gasteiger charge is -2.08. The van der Waals surface area contributed by atoms with Gasteiger partial charge >= 0.3 is 0 Å². The molecule has 9 heteroatoms. The number of nitrogens with one attached hydrogen (secondary N) is 1. The number of aryl methyl sites for hydroxylation is 1. The number of hydrogen-bond donors (Lipinski definition) is 1. The summed E-state index contributed by atoms with van der Waals surface area (Å²) < 4.78 is 17.6. The minimum atomic E-state index is -0.312. The molecule has 1 N–H and O–H groups in total. The Labute approximate surface area is 170 Å². The van der Waals surface area contributed by atoms with E-state index in [2.05, 4.69) is 15.4 Å². The molecule has 0 aliphatic carbocycles. The molecule has 4 aromatic rings. The summed E-state index contributed by atoms with van der Waals surface area (Å²) in [6.45, 7) is 0. The monoisotopic (exact) mass is 410 g/mol. The third-order valence-electron chi connectivity index (χ3n) is 4.29. The van der Waals surface area contributed by atoms with E-state index in [-0.39, 0.29) is 5.91 Å². The van der Waals surface area contributed by atoms with Gasteiger partial charge in [0.1, 0.15) is 22.9 Å². The number of ether oxygens (including phenoxy) is 2. The number of methoxy groups -OCH3 is 2. The van der Waals surface area contributed by atoms with Crippen LogP contribution < -0.4 is 14.8 Å². The van der Waals surface area contributed by atoms with Crippen molar-refractivity contribution in [1.29, 1.82) is 0 Å². The Bertz CT molecular complexity index is 1150. The van der Waals surface area contributed by atoms with Crippen LogP contribution in [0.3, 0.4) is 0 Å². The van der Waals surface area contributed by atoms with Gasteiger partial charge in [0.05, 0.1) is 26.2 Å². The van der Waals surface area contributed by atoms with E-state index in [0.29, 0.717) is 39.5 Å². The third kappa shape index (κ3) is 3.72. The van der Waals surface area contributed by atoms with Crippen LogP contribution in [0, 0.1) is 0 Å². The van der Waals surface area contributed by atoms with Gasteiger partial charge in [-0.25, -0.2) is 4.98 Å². The average molecular weight is 410 g/mol. The first-order valence-electron chi connectivity index (χ1n) is 8.66. The molecule has 3 aromatic heterocycles. The number of anilines is 1. The Morgan fingerprint density at radius 1 is 1.17 bits per heavy atom. The first-order valence-corrected chi connectivity index (χ1v) is 9.54. The molecule has 0 aliphatic rings. The van der Waals surface area contributed by atoms with E-state index < -0.39 is 0 Å². The standard InChI is InChI=1S/C20H18N4O4S/c1-24-16(10-14(23-24)13-9-12(26-2)6-7-17(13)27-3)19(25)22-20-21-15(11-29-20)18-5-4-8-28-18/h4-11H,1-3H3,(H,21,22,25). The summed E-state index contributed by atoms with van der Waals surface area (Å²) in [5.41, 5.74) is 2.39. The molecule has 0 saturated carbocycles. The zero-order chi connectivity index (χ0) is 20.4. The van der Waals surface area contributed by atoms with Gasteiger partial charge in [0.2, 0.25) is 0 Å². The summed E-state index contributed by atoms with van der Waals surface area (Å²) in [6.07, 6.45) is 1.58. The molecule has 8 nitrogen and oxygen atoms in total. The highest BCUT2D eigenvalue weighted by Gasteiger charge is 2.19. The van der Waals surface area contributed by atoms with Crippen molar-refractivity contribution in [3.05, 3.63) is 53.7 Å². The Hall–Kier alpha value is -3.59. The van der Waals surface area contributed by atoms with Crippen molar-refractivity contribution in [1.82, 2.24) is 14.8 Å². The second kappa shape index (κ2) is 7.80. The van der Waals surface area contributed by atoms with Gasteiger partial charge in [-0.15, -0.1) is 11.3 Å². The number of furan rings is 1. The average Bonchev–Trinajstić information content (AvgIpc) is 3.48. The molecule has 148 valence electrons. The van der Waals surface area contributed by atoms with Crippen LogP contribution >= 0.6 is 11.3 Å². The van der Waals surface area contributed by atoms with Crippen molar-refractivity contribution in [2.45, 2.75) is 0 Å². The largest absolute Gasteiger partial charge is 0.497 e. The van der Waals surface area contributed by atoms with E-state index >= 15 is 0 Å². The van der Waals surface area contributed by atoms with Gasteiger partial charge in [0.15, 0.2) is 10.9 Å². The maximum Gasteiger partial charge on any atom is 0.275 e. The van der Waals surface area contributed by atoms with Crippen molar-refractivity contribution >= 4 is 22.4 Å². The van der Waals surface area contributed by atoms with E-state index in [1.165, 1.54) is 16.0 Å². The summed E-state index contributed by atoms with van der Waals surface area (Å²) in [5.74, 6) is 1.65. The third-order valence-corrected chi connectivity index (χ3v) is 5.05. The SMILES string of the molecule is COc1ccc(OC)c(-c2cc(C(=O)Nc3nc(-c4ccco4)cs3)n(C)n2)c1. The Morgan fingerprint density at radius 3 is 2.76 bits per heavy atom. The Kier molecular flexibility index (Phi) is 5.05. The van der Waals surface area contributed by atoms with Crippen LogP contribution in [-0.2, 0) is 7.05 Å². The molecule has 0 bridgehead atoms. The molecule has 29 heavy (non-hydrogen) atoms. The smallest absolute Gasteiger partial charge is 0.275 e. The van der Waals surface area contributed by atoms with Crippen LogP contribution in [0.25, 0.3) is 22.7 Å².